The molecule has 0 fully saturated rings. The number of hydrogen-bond donors (Lipinski definition) is 1. The standard InChI is InChI=1S/C17H20N4OS/c1-11-5-7-12(8-6-11)14-19-13(10-22-14)9-18-16-20-15(21-23-16)17(2,3)4/h5-8,10H,9H2,1-4H3,(H,18,20,21). The normalized spacial score (nSPS) is 11.7. The molecule has 0 aliphatic rings. The SMILES string of the molecule is Cc1ccc(-c2nc(CNc3nc(C(C)(C)C)ns3)co2)cc1. The molecular formula is C17H20N4OS. The van der Waals surface area contributed by atoms with Crippen LogP contribution in [0.25, 0.3) is 11.5 Å². The van der Waals surface area contributed by atoms with E-state index in [-0.39, 0.29) is 5.41 Å². The third kappa shape index (κ3) is 3.76. The van der Waals surface area contributed by atoms with Gasteiger partial charge < -0.3 is 9.73 Å². The van der Waals surface area contributed by atoms with Crippen molar-refractivity contribution in [3.05, 3.63) is 47.6 Å². The Morgan fingerprint density at radius 2 is 1.87 bits per heavy atom. The van der Waals surface area contributed by atoms with Crippen LogP contribution in [0.2, 0.25) is 0 Å². The lowest BCUT2D eigenvalue weighted by Crippen LogP contribution is -2.13. The Hall–Kier alpha value is -2.21. The quantitative estimate of drug-likeness (QED) is 0.768. The Bertz CT molecular complexity index is 784. The molecule has 2 heterocycles. The summed E-state index contributed by atoms with van der Waals surface area (Å²) in [6, 6.07) is 8.12. The van der Waals surface area contributed by atoms with Crippen molar-refractivity contribution in [2.75, 3.05) is 5.32 Å². The molecule has 0 aliphatic heterocycles. The molecule has 0 atom stereocenters. The van der Waals surface area contributed by atoms with Crippen molar-refractivity contribution in [3.63, 3.8) is 0 Å². The fourth-order valence-electron chi connectivity index (χ4n) is 1.98. The highest BCUT2D eigenvalue weighted by molar-refractivity contribution is 7.09. The number of anilines is 1. The minimum Gasteiger partial charge on any atom is -0.444 e. The molecule has 120 valence electrons. The van der Waals surface area contributed by atoms with Gasteiger partial charge in [-0.1, -0.05) is 38.5 Å². The monoisotopic (exact) mass is 328 g/mol. The average molecular weight is 328 g/mol. The maximum Gasteiger partial charge on any atom is 0.226 e. The van der Waals surface area contributed by atoms with E-state index in [1.165, 1.54) is 17.1 Å². The fourth-order valence-corrected chi connectivity index (χ4v) is 2.73. The highest BCUT2D eigenvalue weighted by Gasteiger charge is 2.19. The Morgan fingerprint density at radius 1 is 1.13 bits per heavy atom. The molecule has 0 amide bonds. The number of hydrogen-bond acceptors (Lipinski definition) is 6. The molecule has 0 aliphatic carbocycles. The highest BCUT2D eigenvalue weighted by Crippen LogP contribution is 2.24. The van der Waals surface area contributed by atoms with E-state index < -0.39 is 0 Å². The van der Waals surface area contributed by atoms with Crippen LogP contribution < -0.4 is 5.32 Å². The Kier molecular flexibility index (Phi) is 4.17. The van der Waals surface area contributed by atoms with Gasteiger partial charge in [0.2, 0.25) is 11.0 Å². The van der Waals surface area contributed by atoms with E-state index in [0.717, 1.165) is 22.2 Å². The maximum atomic E-state index is 5.55. The van der Waals surface area contributed by atoms with Crippen molar-refractivity contribution in [2.45, 2.75) is 39.7 Å². The second kappa shape index (κ2) is 6.12. The number of rotatable bonds is 4. The van der Waals surface area contributed by atoms with Crippen LogP contribution in [0.15, 0.2) is 34.9 Å². The molecule has 5 nitrogen and oxygen atoms in total. The first kappa shape index (κ1) is 15.7. The van der Waals surface area contributed by atoms with Gasteiger partial charge >= 0.3 is 0 Å². The molecule has 0 bridgehead atoms. The first-order chi connectivity index (χ1) is 10.9. The summed E-state index contributed by atoms with van der Waals surface area (Å²) in [7, 11) is 0. The summed E-state index contributed by atoms with van der Waals surface area (Å²) in [5.74, 6) is 1.49. The van der Waals surface area contributed by atoms with Crippen molar-refractivity contribution in [1.29, 1.82) is 0 Å². The summed E-state index contributed by atoms with van der Waals surface area (Å²) in [5.41, 5.74) is 3.00. The topological polar surface area (TPSA) is 63.8 Å². The summed E-state index contributed by atoms with van der Waals surface area (Å²) < 4.78 is 9.94. The van der Waals surface area contributed by atoms with Crippen LogP contribution >= 0.6 is 11.5 Å². The molecule has 3 rings (SSSR count). The van der Waals surface area contributed by atoms with Crippen LogP contribution in [-0.2, 0) is 12.0 Å². The van der Waals surface area contributed by atoms with Crippen LogP contribution in [0.4, 0.5) is 5.13 Å². The van der Waals surface area contributed by atoms with E-state index in [4.69, 9.17) is 4.42 Å². The zero-order valence-corrected chi connectivity index (χ0v) is 14.6. The van der Waals surface area contributed by atoms with Crippen LogP contribution in [0.5, 0.6) is 0 Å². The highest BCUT2D eigenvalue weighted by atomic mass is 32.1. The number of nitrogens with one attached hydrogen (secondary N) is 1. The first-order valence-electron chi connectivity index (χ1n) is 7.51. The van der Waals surface area contributed by atoms with Gasteiger partial charge in [0.25, 0.3) is 0 Å². The Balaban J connectivity index is 1.65. The van der Waals surface area contributed by atoms with Crippen LogP contribution in [0.3, 0.4) is 0 Å². The van der Waals surface area contributed by atoms with Gasteiger partial charge in [0.05, 0.1) is 12.2 Å². The van der Waals surface area contributed by atoms with Crippen molar-refractivity contribution in [1.82, 2.24) is 14.3 Å². The van der Waals surface area contributed by atoms with E-state index in [1.54, 1.807) is 6.26 Å². The number of aryl methyl sites for hydroxylation is 1. The molecular weight excluding hydrogens is 308 g/mol. The van der Waals surface area contributed by atoms with Gasteiger partial charge in [0.15, 0.2) is 0 Å². The molecule has 23 heavy (non-hydrogen) atoms. The maximum absolute atomic E-state index is 5.55. The number of oxazole rings is 1. The Labute approximate surface area is 140 Å². The molecule has 1 N–H and O–H groups in total. The van der Waals surface area contributed by atoms with E-state index in [2.05, 4.69) is 47.4 Å². The molecule has 0 radical (unpaired) electrons. The van der Waals surface area contributed by atoms with E-state index >= 15 is 0 Å². The van der Waals surface area contributed by atoms with Crippen LogP contribution in [-0.4, -0.2) is 14.3 Å². The third-order valence-electron chi connectivity index (χ3n) is 3.37. The number of aromatic nitrogens is 3. The van der Waals surface area contributed by atoms with Crippen molar-refractivity contribution >= 4 is 16.7 Å². The third-order valence-corrected chi connectivity index (χ3v) is 4.04. The van der Waals surface area contributed by atoms with Gasteiger partial charge in [-0.25, -0.2) is 9.97 Å². The zero-order valence-electron chi connectivity index (χ0n) is 13.8. The second-order valence-corrected chi connectivity index (χ2v) is 7.29. The summed E-state index contributed by atoms with van der Waals surface area (Å²) in [5, 5.41) is 4.05. The fraction of sp³-hybridized carbons (Fsp3) is 0.353. The molecule has 0 saturated carbocycles. The summed E-state index contributed by atoms with van der Waals surface area (Å²) in [4.78, 5) is 9.02. The van der Waals surface area contributed by atoms with E-state index in [9.17, 15) is 0 Å². The van der Waals surface area contributed by atoms with Gasteiger partial charge in [0, 0.05) is 22.5 Å². The first-order valence-corrected chi connectivity index (χ1v) is 8.29. The average Bonchev–Trinajstić information content (AvgIpc) is 3.15. The van der Waals surface area contributed by atoms with Gasteiger partial charge in [-0.15, -0.1) is 0 Å². The predicted octanol–water partition coefficient (Wildman–Crippen LogP) is 4.41. The Morgan fingerprint density at radius 3 is 2.52 bits per heavy atom. The minimum absolute atomic E-state index is 0.0388. The largest absolute Gasteiger partial charge is 0.444 e. The molecule has 1 aromatic carbocycles. The van der Waals surface area contributed by atoms with E-state index in [1.807, 2.05) is 24.3 Å². The molecule has 0 spiro atoms. The van der Waals surface area contributed by atoms with E-state index in [0.29, 0.717) is 12.4 Å². The van der Waals surface area contributed by atoms with Gasteiger partial charge in [-0.05, 0) is 19.1 Å². The van der Waals surface area contributed by atoms with Crippen molar-refractivity contribution in [3.8, 4) is 11.5 Å². The molecule has 2 aromatic heterocycles. The molecule has 3 aromatic rings. The van der Waals surface area contributed by atoms with Gasteiger partial charge in [-0.2, -0.15) is 4.37 Å². The number of benzene rings is 1. The minimum atomic E-state index is -0.0388. The van der Waals surface area contributed by atoms with Crippen LogP contribution in [0, 0.1) is 6.92 Å². The smallest absolute Gasteiger partial charge is 0.226 e. The lowest BCUT2D eigenvalue weighted by atomic mass is 9.96. The van der Waals surface area contributed by atoms with Gasteiger partial charge in [0.1, 0.15) is 12.1 Å². The molecule has 0 saturated heterocycles. The summed E-state index contributed by atoms with van der Waals surface area (Å²) in [6.07, 6.45) is 1.67. The second-order valence-electron chi connectivity index (χ2n) is 6.54. The zero-order chi connectivity index (χ0) is 16.4. The number of nitrogens with zero attached hydrogens (tertiary/aromatic N) is 3. The van der Waals surface area contributed by atoms with Crippen molar-refractivity contribution < 1.29 is 4.42 Å². The van der Waals surface area contributed by atoms with Gasteiger partial charge in [-0.3, -0.25) is 0 Å². The molecule has 0 unspecified atom stereocenters. The van der Waals surface area contributed by atoms with Crippen molar-refractivity contribution in [2.24, 2.45) is 0 Å². The van der Waals surface area contributed by atoms with Crippen LogP contribution in [0.1, 0.15) is 37.9 Å². The molecule has 6 heteroatoms. The predicted molar refractivity (Wildman–Crippen MR) is 92.6 cm³/mol. The summed E-state index contributed by atoms with van der Waals surface area (Å²) in [6.45, 7) is 8.93. The summed E-state index contributed by atoms with van der Waals surface area (Å²) >= 11 is 1.37. The lowest BCUT2D eigenvalue weighted by Gasteiger charge is -2.12. The lowest BCUT2D eigenvalue weighted by molar-refractivity contribution is 0.555.